The zero-order valence-corrected chi connectivity index (χ0v) is 17.2. The first kappa shape index (κ1) is 19.4. The van der Waals surface area contributed by atoms with E-state index in [0.717, 1.165) is 47.7 Å². The average Bonchev–Trinajstić information content (AvgIpc) is 2.73. The van der Waals surface area contributed by atoms with Crippen molar-refractivity contribution in [3.63, 3.8) is 0 Å². The number of aromatic nitrogens is 1. The molecule has 1 N–H and O–H groups in total. The minimum atomic E-state index is -0.111. The second-order valence-corrected chi connectivity index (χ2v) is 8.31. The first-order valence-electron chi connectivity index (χ1n) is 10.5. The molecule has 2 aromatic carbocycles. The van der Waals surface area contributed by atoms with E-state index in [1.165, 1.54) is 6.42 Å². The fourth-order valence-corrected chi connectivity index (χ4v) is 4.28. The summed E-state index contributed by atoms with van der Waals surface area (Å²) in [5.74, 6) is 0.0142. The molecule has 3 aromatic rings. The Hall–Kier alpha value is -2.88. The minimum Gasteiger partial charge on any atom is -0.331 e. The van der Waals surface area contributed by atoms with Gasteiger partial charge in [-0.05, 0) is 61.9 Å². The van der Waals surface area contributed by atoms with Gasteiger partial charge in [0, 0.05) is 22.7 Å². The van der Waals surface area contributed by atoms with Gasteiger partial charge in [-0.3, -0.25) is 9.59 Å². The topological polar surface area (TPSA) is 53.2 Å². The number of amides is 1. The molecule has 1 saturated carbocycles. The molecule has 0 radical (unpaired) electrons. The van der Waals surface area contributed by atoms with Gasteiger partial charge in [0.1, 0.15) is 0 Å². The molecule has 0 bridgehead atoms. The Bertz CT molecular complexity index is 1080. The van der Waals surface area contributed by atoms with Crippen molar-refractivity contribution in [2.24, 2.45) is 0 Å². The third-order valence-corrected chi connectivity index (χ3v) is 5.99. The quantitative estimate of drug-likeness (QED) is 0.674. The van der Waals surface area contributed by atoms with Gasteiger partial charge in [-0.15, -0.1) is 0 Å². The van der Waals surface area contributed by atoms with Gasteiger partial charge in [-0.2, -0.15) is 0 Å². The summed E-state index contributed by atoms with van der Waals surface area (Å²) >= 11 is 0. The Labute approximate surface area is 171 Å². The predicted octanol–water partition coefficient (Wildman–Crippen LogP) is 5.12. The molecule has 4 rings (SSSR count). The van der Waals surface area contributed by atoms with Crippen LogP contribution < -0.4 is 5.56 Å². The van der Waals surface area contributed by atoms with E-state index in [2.05, 4.69) is 4.98 Å². The lowest BCUT2D eigenvalue weighted by Crippen LogP contribution is -2.42. The number of aromatic amines is 1. The first-order valence-corrected chi connectivity index (χ1v) is 10.5. The average molecular weight is 389 g/mol. The summed E-state index contributed by atoms with van der Waals surface area (Å²) in [5.41, 5.74) is 4.31. The van der Waals surface area contributed by atoms with Gasteiger partial charge in [-0.25, -0.2) is 0 Å². The maximum atomic E-state index is 13.4. The monoisotopic (exact) mass is 388 g/mol. The Morgan fingerprint density at radius 3 is 2.38 bits per heavy atom. The highest BCUT2D eigenvalue weighted by Crippen LogP contribution is 2.26. The largest absolute Gasteiger partial charge is 0.331 e. The van der Waals surface area contributed by atoms with Crippen molar-refractivity contribution in [1.29, 1.82) is 0 Å². The number of carbonyl (C=O) groups excluding carboxylic acids is 1. The summed E-state index contributed by atoms with van der Waals surface area (Å²) in [7, 11) is 0. The Morgan fingerprint density at radius 1 is 0.966 bits per heavy atom. The zero-order valence-electron chi connectivity index (χ0n) is 17.2. The molecule has 0 aliphatic heterocycles. The fraction of sp³-hybridized carbons (Fsp3) is 0.360. The number of carbonyl (C=O) groups is 1. The van der Waals surface area contributed by atoms with Gasteiger partial charge in [0.15, 0.2) is 0 Å². The Morgan fingerprint density at radius 2 is 1.66 bits per heavy atom. The SMILES string of the molecule is Cc1ccc(C(=O)N(Cc2cc3ccc(C)cc3[nH]c2=O)C2CCCCC2)cc1. The standard InChI is InChI=1S/C25H28N2O2/c1-17-8-11-19(12-9-17)25(29)27(22-6-4-3-5-7-22)16-21-15-20-13-10-18(2)14-23(20)26-24(21)28/h8-15,22H,3-7,16H2,1-2H3,(H,26,28). The Balaban J connectivity index is 1.69. The second kappa shape index (κ2) is 8.24. The van der Waals surface area contributed by atoms with Gasteiger partial charge in [-0.1, -0.05) is 49.1 Å². The van der Waals surface area contributed by atoms with Crippen LogP contribution in [0.3, 0.4) is 0 Å². The maximum Gasteiger partial charge on any atom is 0.254 e. The van der Waals surface area contributed by atoms with E-state index < -0.39 is 0 Å². The van der Waals surface area contributed by atoms with Crippen LogP contribution in [0.15, 0.2) is 53.3 Å². The minimum absolute atomic E-state index is 0.0142. The van der Waals surface area contributed by atoms with Crippen molar-refractivity contribution >= 4 is 16.8 Å². The van der Waals surface area contributed by atoms with Gasteiger partial charge < -0.3 is 9.88 Å². The first-order chi connectivity index (χ1) is 14.0. The van der Waals surface area contributed by atoms with E-state index in [9.17, 15) is 9.59 Å². The highest BCUT2D eigenvalue weighted by Gasteiger charge is 2.27. The van der Waals surface area contributed by atoms with Crippen molar-refractivity contribution < 1.29 is 4.79 Å². The van der Waals surface area contributed by atoms with Crippen LogP contribution in [0, 0.1) is 13.8 Å². The lowest BCUT2D eigenvalue weighted by molar-refractivity contribution is 0.0613. The number of H-pyrrole nitrogens is 1. The van der Waals surface area contributed by atoms with Crippen molar-refractivity contribution in [3.8, 4) is 0 Å². The van der Waals surface area contributed by atoms with Crippen LogP contribution in [0.4, 0.5) is 0 Å². The molecule has 1 aromatic heterocycles. The normalized spacial score (nSPS) is 14.8. The molecule has 1 heterocycles. The number of aryl methyl sites for hydroxylation is 2. The molecule has 4 heteroatoms. The van der Waals surface area contributed by atoms with Gasteiger partial charge in [0.2, 0.25) is 0 Å². The van der Waals surface area contributed by atoms with Gasteiger partial charge in [0.25, 0.3) is 11.5 Å². The molecule has 1 amide bonds. The molecule has 0 unspecified atom stereocenters. The second-order valence-electron chi connectivity index (χ2n) is 8.31. The maximum absolute atomic E-state index is 13.4. The third-order valence-electron chi connectivity index (χ3n) is 5.99. The molecule has 0 atom stereocenters. The summed E-state index contributed by atoms with van der Waals surface area (Å²) in [6.45, 7) is 4.37. The summed E-state index contributed by atoms with van der Waals surface area (Å²) in [4.78, 5) is 31.1. The van der Waals surface area contributed by atoms with Crippen molar-refractivity contribution in [2.75, 3.05) is 0 Å². The molecule has 1 aliphatic carbocycles. The number of benzene rings is 2. The molecular formula is C25H28N2O2. The lowest BCUT2D eigenvalue weighted by Gasteiger charge is -2.34. The zero-order chi connectivity index (χ0) is 20.4. The predicted molar refractivity (Wildman–Crippen MR) is 117 cm³/mol. The van der Waals surface area contributed by atoms with Crippen molar-refractivity contribution in [3.05, 3.63) is 81.1 Å². The molecule has 0 saturated heterocycles. The summed E-state index contributed by atoms with van der Waals surface area (Å²) in [6.07, 6.45) is 5.49. The van der Waals surface area contributed by atoms with E-state index in [1.54, 1.807) is 0 Å². The van der Waals surface area contributed by atoms with E-state index in [4.69, 9.17) is 0 Å². The van der Waals surface area contributed by atoms with Crippen LogP contribution in [-0.2, 0) is 6.54 Å². The highest BCUT2D eigenvalue weighted by molar-refractivity contribution is 5.94. The van der Waals surface area contributed by atoms with Crippen molar-refractivity contribution in [2.45, 2.75) is 58.5 Å². The molecule has 29 heavy (non-hydrogen) atoms. The van der Waals surface area contributed by atoms with E-state index in [1.807, 2.05) is 67.3 Å². The van der Waals surface area contributed by atoms with E-state index in [-0.39, 0.29) is 17.5 Å². The van der Waals surface area contributed by atoms with Crippen molar-refractivity contribution in [1.82, 2.24) is 9.88 Å². The molecular weight excluding hydrogens is 360 g/mol. The fourth-order valence-electron chi connectivity index (χ4n) is 4.28. The number of rotatable bonds is 4. The van der Waals surface area contributed by atoms with Gasteiger partial charge in [0.05, 0.1) is 6.54 Å². The number of nitrogens with one attached hydrogen (secondary N) is 1. The van der Waals surface area contributed by atoms with E-state index >= 15 is 0 Å². The smallest absolute Gasteiger partial charge is 0.254 e. The Kier molecular flexibility index (Phi) is 5.52. The molecule has 150 valence electrons. The van der Waals surface area contributed by atoms with Crippen LogP contribution in [0.1, 0.15) is 59.2 Å². The lowest BCUT2D eigenvalue weighted by atomic mass is 9.93. The van der Waals surface area contributed by atoms with Crippen LogP contribution >= 0.6 is 0 Å². The summed E-state index contributed by atoms with van der Waals surface area (Å²) in [6, 6.07) is 15.9. The molecule has 1 fully saturated rings. The third kappa shape index (κ3) is 4.26. The van der Waals surface area contributed by atoms with Crippen LogP contribution in [0.5, 0.6) is 0 Å². The number of hydrogen-bond donors (Lipinski definition) is 1. The van der Waals surface area contributed by atoms with Gasteiger partial charge >= 0.3 is 0 Å². The number of fused-ring (bicyclic) bond motifs is 1. The molecule has 0 spiro atoms. The summed E-state index contributed by atoms with van der Waals surface area (Å²) in [5, 5.41) is 0.997. The summed E-state index contributed by atoms with van der Waals surface area (Å²) < 4.78 is 0. The number of nitrogens with zero attached hydrogens (tertiary/aromatic N) is 1. The van der Waals surface area contributed by atoms with Crippen LogP contribution in [0.2, 0.25) is 0 Å². The molecule has 1 aliphatic rings. The van der Waals surface area contributed by atoms with Crippen LogP contribution in [0.25, 0.3) is 10.9 Å². The highest BCUT2D eigenvalue weighted by atomic mass is 16.2. The molecule has 4 nitrogen and oxygen atoms in total. The number of pyridine rings is 1. The van der Waals surface area contributed by atoms with Crippen LogP contribution in [-0.4, -0.2) is 21.8 Å². The van der Waals surface area contributed by atoms with E-state index in [0.29, 0.717) is 17.7 Å². The number of hydrogen-bond acceptors (Lipinski definition) is 2.